The maximum atomic E-state index is 12.4. The van der Waals surface area contributed by atoms with Crippen molar-refractivity contribution in [2.45, 2.75) is 53.4 Å². The Balaban J connectivity index is 2.75. The van der Waals surface area contributed by atoms with Crippen LogP contribution in [-0.4, -0.2) is 19.8 Å². The molecule has 0 aromatic carbocycles. The van der Waals surface area contributed by atoms with Crippen molar-refractivity contribution in [3.8, 4) is 11.8 Å². The lowest BCUT2D eigenvalue weighted by molar-refractivity contribution is 0.122. The summed E-state index contributed by atoms with van der Waals surface area (Å²) in [5.74, 6) is 6.11. The third kappa shape index (κ3) is 5.60. The molecule has 0 bridgehead atoms. The maximum Gasteiger partial charge on any atom is 0.475 e. The molecule has 0 saturated heterocycles. The fourth-order valence-corrected chi connectivity index (χ4v) is 3.62. The van der Waals surface area contributed by atoms with Crippen molar-refractivity contribution in [2.75, 3.05) is 19.8 Å². The molecule has 0 radical (unpaired) electrons. The van der Waals surface area contributed by atoms with E-state index >= 15 is 0 Å². The monoisotopic (exact) mass is 314 g/mol. The van der Waals surface area contributed by atoms with Crippen molar-refractivity contribution in [1.82, 2.24) is 0 Å². The SMILES string of the molecule is CC#CCC1(C)CCCC=C1COP(=O)(OCC)OCC. The maximum absolute atomic E-state index is 12.4. The third-order valence-corrected chi connectivity index (χ3v) is 5.30. The van der Waals surface area contributed by atoms with Crippen molar-refractivity contribution < 1.29 is 18.1 Å². The first kappa shape index (κ1) is 18.5. The van der Waals surface area contributed by atoms with Gasteiger partial charge in [-0.1, -0.05) is 13.0 Å². The number of hydrogen-bond donors (Lipinski definition) is 0. The van der Waals surface area contributed by atoms with Crippen LogP contribution >= 0.6 is 7.82 Å². The third-order valence-electron chi connectivity index (χ3n) is 3.71. The number of allylic oxidation sites excluding steroid dienone is 1. The summed E-state index contributed by atoms with van der Waals surface area (Å²) in [5, 5.41) is 0. The van der Waals surface area contributed by atoms with E-state index < -0.39 is 7.82 Å². The topological polar surface area (TPSA) is 44.8 Å². The molecular formula is C16H27O4P. The van der Waals surface area contributed by atoms with Crippen molar-refractivity contribution in [1.29, 1.82) is 0 Å². The summed E-state index contributed by atoms with van der Waals surface area (Å²) in [4.78, 5) is 0. The van der Waals surface area contributed by atoms with Gasteiger partial charge < -0.3 is 0 Å². The molecule has 4 nitrogen and oxygen atoms in total. The fourth-order valence-electron chi connectivity index (χ4n) is 2.47. The Morgan fingerprint density at radius 2 is 1.95 bits per heavy atom. The van der Waals surface area contributed by atoms with Crippen LogP contribution in [0.2, 0.25) is 0 Å². The van der Waals surface area contributed by atoms with Gasteiger partial charge in [-0.25, -0.2) is 4.57 Å². The van der Waals surface area contributed by atoms with Gasteiger partial charge in [-0.05, 0) is 45.6 Å². The van der Waals surface area contributed by atoms with E-state index in [1.165, 1.54) is 0 Å². The molecule has 0 amide bonds. The molecule has 1 rings (SSSR count). The van der Waals surface area contributed by atoms with Crippen LogP contribution in [0.1, 0.15) is 53.4 Å². The van der Waals surface area contributed by atoms with E-state index in [9.17, 15) is 4.57 Å². The summed E-state index contributed by atoms with van der Waals surface area (Å²) in [5.41, 5.74) is 1.14. The lowest BCUT2D eigenvalue weighted by atomic mass is 9.72. The van der Waals surface area contributed by atoms with Gasteiger partial charge in [0.2, 0.25) is 0 Å². The van der Waals surface area contributed by atoms with Gasteiger partial charge in [0.05, 0.1) is 19.8 Å². The Morgan fingerprint density at radius 1 is 1.29 bits per heavy atom. The highest BCUT2D eigenvalue weighted by molar-refractivity contribution is 7.48. The first-order chi connectivity index (χ1) is 9.99. The normalized spacial score (nSPS) is 22.4. The second-order valence-electron chi connectivity index (χ2n) is 5.34. The number of hydrogen-bond acceptors (Lipinski definition) is 4. The molecule has 0 aromatic heterocycles. The molecule has 0 heterocycles. The summed E-state index contributed by atoms with van der Waals surface area (Å²) < 4.78 is 28.2. The van der Waals surface area contributed by atoms with Crippen LogP contribution in [-0.2, 0) is 18.1 Å². The van der Waals surface area contributed by atoms with Crippen LogP contribution in [0.4, 0.5) is 0 Å². The summed E-state index contributed by atoms with van der Waals surface area (Å²) in [7, 11) is -3.45. The van der Waals surface area contributed by atoms with Crippen molar-refractivity contribution in [2.24, 2.45) is 5.41 Å². The zero-order chi connectivity index (χ0) is 15.8. The highest BCUT2D eigenvalue weighted by atomic mass is 31.2. The van der Waals surface area contributed by atoms with Gasteiger partial charge in [0.25, 0.3) is 0 Å². The van der Waals surface area contributed by atoms with Crippen molar-refractivity contribution in [3.63, 3.8) is 0 Å². The predicted octanol–water partition coefficient (Wildman–Crippen LogP) is 4.71. The lowest BCUT2D eigenvalue weighted by Gasteiger charge is -2.34. The van der Waals surface area contributed by atoms with Crippen LogP contribution < -0.4 is 0 Å². The zero-order valence-corrected chi connectivity index (χ0v) is 14.5. The molecule has 120 valence electrons. The molecule has 0 saturated carbocycles. The Morgan fingerprint density at radius 3 is 2.52 bits per heavy atom. The first-order valence-corrected chi connectivity index (χ1v) is 9.08. The van der Waals surface area contributed by atoms with Gasteiger partial charge >= 0.3 is 7.82 Å². The van der Waals surface area contributed by atoms with Crippen LogP contribution in [0.5, 0.6) is 0 Å². The molecule has 0 N–H and O–H groups in total. The Labute approximate surface area is 128 Å². The standard InChI is InChI=1S/C16H27O4P/c1-5-8-12-16(4)13-10-9-11-15(16)14-20-21(17,18-6-2)19-7-3/h11H,6-7,9-10,12-14H2,1-4H3. The second-order valence-corrected chi connectivity index (χ2v) is 7.01. The Kier molecular flexibility index (Phi) is 7.70. The highest BCUT2D eigenvalue weighted by Gasteiger charge is 2.33. The van der Waals surface area contributed by atoms with Gasteiger partial charge in [-0.3, -0.25) is 13.6 Å². The largest absolute Gasteiger partial charge is 0.475 e. The minimum Gasteiger partial charge on any atom is -0.287 e. The molecule has 0 spiro atoms. The minimum absolute atomic E-state index is 0.00941. The number of phosphoric acid groups is 1. The molecule has 0 fully saturated rings. The predicted molar refractivity (Wildman–Crippen MR) is 84.9 cm³/mol. The molecule has 21 heavy (non-hydrogen) atoms. The molecule has 5 heteroatoms. The molecule has 1 aliphatic rings. The first-order valence-electron chi connectivity index (χ1n) is 7.62. The number of phosphoric ester groups is 1. The molecule has 1 unspecified atom stereocenters. The van der Waals surface area contributed by atoms with Gasteiger partial charge in [0.1, 0.15) is 0 Å². The Bertz CT molecular complexity index is 451. The van der Waals surface area contributed by atoms with Gasteiger partial charge in [0, 0.05) is 11.8 Å². The average molecular weight is 314 g/mol. The van der Waals surface area contributed by atoms with Crippen molar-refractivity contribution in [3.05, 3.63) is 11.6 Å². The van der Waals surface area contributed by atoms with Crippen LogP contribution in [0.3, 0.4) is 0 Å². The second kappa shape index (κ2) is 8.76. The Hall–Kier alpha value is -0.590. The molecule has 0 aliphatic heterocycles. The molecule has 1 atom stereocenters. The van der Waals surface area contributed by atoms with Crippen LogP contribution in [0.15, 0.2) is 11.6 Å². The summed E-state index contributed by atoms with van der Waals surface area (Å²) >= 11 is 0. The van der Waals surface area contributed by atoms with E-state index in [1.54, 1.807) is 13.8 Å². The fraction of sp³-hybridized carbons (Fsp3) is 0.750. The summed E-state index contributed by atoms with van der Waals surface area (Å²) in [6.45, 7) is 8.47. The highest BCUT2D eigenvalue weighted by Crippen LogP contribution is 2.51. The van der Waals surface area contributed by atoms with E-state index in [4.69, 9.17) is 13.6 Å². The quantitative estimate of drug-likeness (QED) is 0.369. The molecule has 0 aromatic rings. The van der Waals surface area contributed by atoms with Gasteiger partial charge in [-0.15, -0.1) is 11.8 Å². The van der Waals surface area contributed by atoms with E-state index in [1.807, 2.05) is 6.92 Å². The van der Waals surface area contributed by atoms with Crippen LogP contribution in [0.25, 0.3) is 0 Å². The van der Waals surface area contributed by atoms with Gasteiger partial charge in [-0.2, -0.15) is 0 Å². The molecule has 1 aliphatic carbocycles. The van der Waals surface area contributed by atoms with E-state index in [0.717, 1.165) is 31.3 Å². The lowest BCUT2D eigenvalue weighted by Crippen LogP contribution is -2.25. The minimum atomic E-state index is -3.45. The van der Waals surface area contributed by atoms with Crippen molar-refractivity contribution >= 4 is 7.82 Å². The summed E-state index contributed by atoms with van der Waals surface area (Å²) in [6.07, 6.45) is 6.24. The van der Waals surface area contributed by atoms with Crippen LogP contribution in [0, 0.1) is 17.3 Å². The summed E-state index contributed by atoms with van der Waals surface area (Å²) in [6, 6.07) is 0. The number of rotatable bonds is 8. The van der Waals surface area contributed by atoms with E-state index in [-0.39, 0.29) is 12.0 Å². The average Bonchev–Trinajstić information content (AvgIpc) is 2.45. The smallest absolute Gasteiger partial charge is 0.287 e. The van der Waals surface area contributed by atoms with E-state index in [2.05, 4.69) is 24.8 Å². The molecular weight excluding hydrogens is 287 g/mol. The van der Waals surface area contributed by atoms with Gasteiger partial charge in [0.15, 0.2) is 0 Å². The van der Waals surface area contributed by atoms with E-state index in [0.29, 0.717) is 13.2 Å². The zero-order valence-electron chi connectivity index (χ0n) is 13.6.